The van der Waals surface area contributed by atoms with E-state index in [9.17, 15) is 8.78 Å². The molecule has 0 heterocycles. The van der Waals surface area contributed by atoms with E-state index in [1.165, 1.54) is 0 Å². The van der Waals surface area contributed by atoms with Gasteiger partial charge in [0.2, 0.25) is 5.92 Å². The van der Waals surface area contributed by atoms with E-state index >= 15 is 0 Å². The van der Waals surface area contributed by atoms with Crippen LogP contribution in [0.3, 0.4) is 0 Å². The van der Waals surface area contributed by atoms with Gasteiger partial charge in [-0.25, -0.2) is 8.78 Å². The lowest BCUT2D eigenvalue weighted by Crippen LogP contribution is -2.06. The number of hydrogen-bond donors (Lipinski definition) is 1. The van der Waals surface area contributed by atoms with Gasteiger partial charge in [0.15, 0.2) is 0 Å². The van der Waals surface area contributed by atoms with Gasteiger partial charge in [-0.3, -0.25) is 0 Å². The number of halogens is 3. The van der Waals surface area contributed by atoms with Crippen LogP contribution in [-0.4, -0.2) is 5.92 Å². The molecule has 0 aromatic heterocycles. The Balaban J connectivity index is 0. The van der Waals surface area contributed by atoms with Crippen molar-refractivity contribution in [1.29, 1.82) is 0 Å². The highest BCUT2D eigenvalue weighted by molar-refractivity contribution is 5.85. The molecule has 1 saturated carbocycles. The minimum Gasteiger partial charge on any atom is -0.344 e. The van der Waals surface area contributed by atoms with Crippen LogP contribution in [0.1, 0.15) is 25.7 Å². The summed E-state index contributed by atoms with van der Waals surface area (Å²) in [5.74, 6) is -2.31. The number of alkyl halides is 2. The van der Waals surface area contributed by atoms with Gasteiger partial charge >= 0.3 is 0 Å². The maximum Gasteiger partial charge on any atom is 0.248 e. The smallest absolute Gasteiger partial charge is 0.248 e. The van der Waals surface area contributed by atoms with Gasteiger partial charge in [0.05, 0.1) is 0 Å². The van der Waals surface area contributed by atoms with Gasteiger partial charge in [0, 0.05) is 12.8 Å². The topological polar surface area (TPSA) is 35.0 Å². The van der Waals surface area contributed by atoms with Crippen molar-refractivity contribution >= 4 is 12.4 Å². The Morgan fingerprint density at radius 3 is 1.44 bits per heavy atom. The first-order valence-corrected chi connectivity index (χ1v) is 2.59. The van der Waals surface area contributed by atoms with Crippen LogP contribution < -0.4 is 6.15 Å². The van der Waals surface area contributed by atoms with Gasteiger partial charge in [-0.05, 0) is 12.8 Å². The molecule has 0 saturated heterocycles. The molecular weight excluding hydrogens is 148 g/mol. The molecule has 9 heavy (non-hydrogen) atoms. The molecule has 4 heteroatoms. The first-order chi connectivity index (χ1) is 3.21. The van der Waals surface area contributed by atoms with Crippen molar-refractivity contribution < 1.29 is 8.78 Å². The molecule has 0 radical (unpaired) electrons. The van der Waals surface area contributed by atoms with Crippen LogP contribution in [0, 0.1) is 0 Å². The zero-order chi connectivity index (χ0) is 5.33. The van der Waals surface area contributed by atoms with Crippen molar-refractivity contribution in [2.75, 3.05) is 0 Å². The Morgan fingerprint density at radius 1 is 1.00 bits per heavy atom. The van der Waals surface area contributed by atoms with Gasteiger partial charge in [-0.2, -0.15) is 0 Å². The van der Waals surface area contributed by atoms with Crippen LogP contribution in [0.25, 0.3) is 0 Å². The Hall–Kier alpha value is 0.110. The monoisotopic (exact) mass is 159 g/mol. The fourth-order valence-electron chi connectivity index (χ4n) is 0.892. The van der Waals surface area contributed by atoms with Crippen molar-refractivity contribution in [2.45, 2.75) is 31.6 Å². The second-order valence-electron chi connectivity index (χ2n) is 2.06. The lowest BCUT2D eigenvalue weighted by Gasteiger charge is -2.03. The average molecular weight is 160 g/mol. The van der Waals surface area contributed by atoms with Gasteiger partial charge < -0.3 is 6.15 Å². The highest BCUT2D eigenvalue weighted by atomic mass is 35.5. The predicted octanol–water partition coefficient (Wildman–Crippen LogP) is 2.78. The molecule has 0 bridgehead atoms. The fourth-order valence-corrected chi connectivity index (χ4v) is 0.892. The van der Waals surface area contributed by atoms with E-state index in [0.717, 1.165) is 0 Å². The molecule has 58 valence electrons. The number of rotatable bonds is 0. The summed E-state index contributed by atoms with van der Waals surface area (Å²) in [6, 6.07) is 0. The molecule has 1 fully saturated rings. The molecule has 0 amide bonds. The molecule has 0 aromatic carbocycles. The molecule has 1 nitrogen and oxygen atoms in total. The van der Waals surface area contributed by atoms with Gasteiger partial charge in [0.25, 0.3) is 0 Å². The van der Waals surface area contributed by atoms with E-state index in [1.807, 2.05) is 0 Å². The summed E-state index contributed by atoms with van der Waals surface area (Å²) in [7, 11) is 0. The van der Waals surface area contributed by atoms with Crippen LogP contribution in [0.4, 0.5) is 8.78 Å². The second-order valence-corrected chi connectivity index (χ2v) is 2.06. The third-order valence-electron chi connectivity index (χ3n) is 1.34. The maximum atomic E-state index is 11.9. The second kappa shape index (κ2) is 4.01. The zero-order valence-electron chi connectivity index (χ0n) is 5.20. The normalized spacial score (nSPS) is 22.0. The Labute approximate surface area is 59.8 Å². The van der Waals surface area contributed by atoms with E-state index in [-0.39, 0.29) is 31.4 Å². The summed E-state index contributed by atoms with van der Waals surface area (Å²) in [5.41, 5.74) is 0. The van der Waals surface area contributed by atoms with E-state index in [0.29, 0.717) is 12.8 Å². The predicted molar refractivity (Wildman–Crippen MR) is 35.7 cm³/mol. The quantitative estimate of drug-likeness (QED) is 0.580. The lowest BCUT2D eigenvalue weighted by molar-refractivity contribution is 0.00932. The van der Waals surface area contributed by atoms with Crippen molar-refractivity contribution in [3.63, 3.8) is 0 Å². The van der Waals surface area contributed by atoms with Gasteiger partial charge in [0.1, 0.15) is 0 Å². The third-order valence-corrected chi connectivity index (χ3v) is 1.34. The average Bonchev–Trinajstić information content (AvgIpc) is 1.84. The van der Waals surface area contributed by atoms with Gasteiger partial charge in [-0.15, -0.1) is 12.4 Å². The summed E-state index contributed by atoms with van der Waals surface area (Å²) in [5, 5.41) is 0. The van der Waals surface area contributed by atoms with Crippen LogP contribution in [-0.2, 0) is 0 Å². The van der Waals surface area contributed by atoms with E-state index < -0.39 is 5.92 Å². The summed E-state index contributed by atoms with van der Waals surface area (Å²) in [6.45, 7) is 0. The minimum absolute atomic E-state index is 0. The molecule has 0 unspecified atom stereocenters. The van der Waals surface area contributed by atoms with E-state index in [1.54, 1.807) is 0 Å². The van der Waals surface area contributed by atoms with Gasteiger partial charge in [-0.1, -0.05) is 0 Å². The Bertz CT molecular complexity index is 69.4. The van der Waals surface area contributed by atoms with Crippen LogP contribution in [0.2, 0.25) is 0 Å². The molecular formula is C5H12ClF2N. The summed E-state index contributed by atoms with van der Waals surface area (Å²) >= 11 is 0. The van der Waals surface area contributed by atoms with Crippen LogP contribution in [0.5, 0.6) is 0 Å². The molecule has 3 N–H and O–H groups in total. The standard InChI is InChI=1S/C5H8F2.ClH.H3N/c6-5(7)3-1-2-4-5;;/h1-4H2;1H;1H3. The molecule has 1 rings (SSSR count). The summed E-state index contributed by atoms with van der Waals surface area (Å²) < 4.78 is 23.9. The molecule has 0 spiro atoms. The Morgan fingerprint density at radius 2 is 1.33 bits per heavy atom. The molecule has 1 aliphatic rings. The SMILES string of the molecule is Cl.FC1(F)CCCC1.N. The van der Waals surface area contributed by atoms with Crippen molar-refractivity contribution in [3.05, 3.63) is 0 Å². The fraction of sp³-hybridized carbons (Fsp3) is 1.00. The zero-order valence-corrected chi connectivity index (χ0v) is 6.02. The molecule has 0 aliphatic heterocycles. The minimum atomic E-state index is -2.31. The molecule has 1 aliphatic carbocycles. The summed E-state index contributed by atoms with van der Waals surface area (Å²) in [4.78, 5) is 0. The van der Waals surface area contributed by atoms with Crippen LogP contribution >= 0.6 is 12.4 Å². The molecule has 0 atom stereocenters. The van der Waals surface area contributed by atoms with Crippen molar-refractivity contribution in [3.8, 4) is 0 Å². The third kappa shape index (κ3) is 3.65. The first kappa shape index (κ1) is 11.9. The first-order valence-electron chi connectivity index (χ1n) is 2.59. The highest BCUT2D eigenvalue weighted by Crippen LogP contribution is 2.33. The largest absolute Gasteiger partial charge is 0.344 e. The van der Waals surface area contributed by atoms with E-state index in [2.05, 4.69) is 0 Å². The van der Waals surface area contributed by atoms with Crippen molar-refractivity contribution in [2.24, 2.45) is 0 Å². The van der Waals surface area contributed by atoms with Crippen molar-refractivity contribution in [1.82, 2.24) is 6.15 Å². The van der Waals surface area contributed by atoms with Crippen LogP contribution in [0.15, 0.2) is 0 Å². The van der Waals surface area contributed by atoms with E-state index in [4.69, 9.17) is 0 Å². The number of hydrogen-bond acceptors (Lipinski definition) is 1. The lowest BCUT2D eigenvalue weighted by atomic mass is 10.3. The summed E-state index contributed by atoms with van der Waals surface area (Å²) in [6.07, 6.45) is 1.67. The maximum absolute atomic E-state index is 11.9. The molecule has 0 aromatic rings. The highest BCUT2D eigenvalue weighted by Gasteiger charge is 2.32. The Kier molecular flexibility index (Phi) is 5.28.